The third-order valence-corrected chi connectivity index (χ3v) is 3.17. The van der Waals surface area contributed by atoms with Crippen molar-refractivity contribution in [3.63, 3.8) is 0 Å². The first-order valence-electron chi connectivity index (χ1n) is 6.18. The number of nitrogens with one attached hydrogen (secondary N) is 1. The van der Waals surface area contributed by atoms with E-state index in [0.29, 0.717) is 36.8 Å². The van der Waals surface area contributed by atoms with Crippen molar-refractivity contribution in [2.75, 3.05) is 31.7 Å². The van der Waals surface area contributed by atoms with Crippen LogP contribution in [0.25, 0.3) is 0 Å². The lowest BCUT2D eigenvalue weighted by Crippen LogP contribution is -2.34. The average Bonchev–Trinajstić information content (AvgIpc) is 2.46. The molecule has 0 spiro atoms. The summed E-state index contributed by atoms with van der Waals surface area (Å²) in [6.07, 6.45) is -1.17. The van der Waals surface area contributed by atoms with E-state index in [1.165, 1.54) is 0 Å². The molecule has 3 rings (SSSR count). The van der Waals surface area contributed by atoms with Crippen LogP contribution in [0.4, 0.5) is 5.69 Å². The minimum atomic E-state index is -0.788. The highest BCUT2D eigenvalue weighted by molar-refractivity contribution is 5.95. The van der Waals surface area contributed by atoms with E-state index < -0.39 is 6.10 Å². The number of carbonyl (C=O) groups excluding carboxylic acids is 1. The minimum absolute atomic E-state index is 0.0223. The molecule has 1 saturated heterocycles. The SMILES string of the molecule is O=C1COc2ccc(C(O)C3COCCO3)cc2N1. The molecule has 0 radical (unpaired) electrons. The normalized spacial score (nSPS) is 24.1. The minimum Gasteiger partial charge on any atom is -0.482 e. The summed E-state index contributed by atoms with van der Waals surface area (Å²) in [5.74, 6) is 0.410. The first-order valence-corrected chi connectivity index (χ1v) is 6.18. The summed E-state index contributed by atoms with van der Waals surface area (Å²) in [7, 11) is 0. The smallest absolute Gasteiger partial charge is 0.262 e. The Kier molecular flexibility index (Phi) is 3.37. The predicted octanol–water partition coefficient (Wildman–Crippen LogP) is 0.466. The molecule has 2 heterocycles. The fourth-order valence-electron chi connectivity index (χ4n) is 2.19. The largest absolute Gasteiger partial charge is 0.482 e. The second-order valence-corrected chi connectivity index (χ2v) is 4.52. The zero-order valence-corrected chi connectivity index (χ0v) is 10.3. The molecule has 1 aromatic carbocycles. The van der Waals surface area contributed by atoms with Crippen LogP contribution in [0.15, 0.2) is 18.2 Å². The second-order valence-electron chi connectivity index (χ2n) is 4.52. The van der Waals surface area contributed by atoms with E-state index in [2.05, 4.69) is 5.32 Å². The Morgan fingerprint density at radius 2 is 2.26 bits per heavy atom. The predicted molar refractivity (Wildman–Crippen MR) is 66.1 cm³/mol. The Hall–Kier alpha value is -1.63. The van der Waals surface area contributed by atoms with Gasteiger partial charge in [0, 0.05) is 0 Å². The number of hydrogen-bond acceptors (Lipinski definition) is 5. The van der Waals surface area contributed by atoms with Gasteiger partial charge in [0.2, 0.25) is 0 Å². The van der Waals surface area contributed by atoms with Gasteiger partial charge in [-0.3, -0.25) is 4.79 Å². The maximum absolute atomic E-state index is 11.3. The van der Waals surface area contributed by atoms with Crippen molar-refractivity contribution in [2.45, 2.75) is 12.2 Å². The summed E-state index contributed by atoms with van der Waals surface area (Å²) in [6, 6.07) is 5.20. The summed E-state index contributed by atoms with van der Waals surface area (Å²) >= 11 is 0. The summed E-state index contributed by atoms with van der Waals surface area (Å²) in [4.78, 5) is 11.3. The molecule has 0 aromatic heterocycles. The molecule has 2 N–H and O–H groups in total. The summed E-state index contributed by atoms with van der Waals surface area (Å²) in [5.41, 5.74) is 1.24. The van der Waals surface area contributed by atoms with Gasteiger partial charge < -0.3 is 24.6 Å². The van der Waals surface area contributed by atoms with Crippen LogP contribution in [0.3, 0.4) is 0 Å². The van der Waals surface area contributed by atoms with Crippen molar-refractivity contribution in [3.05, 3.63) is 23.8 Å². The highest BCUT2D eigenvalue weighted by Gasteiger charge is 2.26. The van der Waals surface area contributed by atoms with E-state index in [9.17, 15) is 9.90 Å². The van der Waals surface area contributed by atoms with Gasteiger partial charge in [0.15, 0.2) is 6.61 Å². The molecule has 0 aliphatic carbocycles. The maximum atomic E-state index is 11.3. The molecular weight excluding hydrogens is 250 g/mol. The number of carbonyl (C=O) groups is 1. The Bertz CT molecular complexity index is 484. The quantitative estimate of drug-likeness (QED) is 0.812. The highest BCUT2D eigenvalue weighted by atomic mass is 16.6. The summed E-state index contributed by atoms with van der Waals surface area (Å²) in [5, 5.41) is 13.0. The van der Waals surface area contributed by atoms with Crippen molar-refractivity contribution in [2.24, 2.45) is 0 Å². The lowest BCUT2D eigenvalue weighted by atomic mass is 10.0. The van der Waals surface area contributed by atoms with Crippen LogP contribution in [0, 0.1) is 0 Å². The highest BCUT2D eigenvalue weighted by Crippen LogP contribution is 2.32. The standard InChI is InChI=1S/C13H15NO5/c15-12-7-19-10-2-1-8(5-9(10)14-12)13(16)11-6-17-3-4-18-11/h1-2,5,11,13,16H,3-4,6-7H2,(H,14,15). The number of aliphatic hydroxyl groups is 1. The van der Waals surface area contributed by atoms with Crippen molar-refractivity contribution >= 4 is 11.6 Å². The molecule has 2 aliphatic heterocycles. The lowest BCUT2D eigenvalue weighted by Gasteiger charge is -2.28. The molecule has 102 valence electrons. The van der Waals surface area contributed by atoms with Crippen LogP contribution < -0.4 is 10.1 Å². The average molecular weight is 265 g/mol. The topological polar surface area (TPSA) is 77.0 Å². The lowest BCUT2D eigenvalue weighted by molar-refractivity contribution is -0.133. The molecule has 0 saturated carbocycles. The zero-order valence-electron chi connectivity index (χ0n) is 10.3. The van der Waals surface area contributed by atoms with Crippen LogP contribution in [-0.2, 0) is 14.3 Å². The fraction of sp³-hybridized carbons (Fsp3) is 0.462. The van der Waals surface area contributed by atoms with Gasteiger partial charge in [-0.1, -0.05) is 6.07 Å². The fourth-order valence-corrected chi connectivity index (χ4v) is 2.19. The summed E-state index contributed by atoms with van der Waals surface area (Å²) < 4.78 is 16.0. The number of fused-ring (bicyclic) bond motifs is 1. The molecule has 6 nitrogen and oxygen atoms in total. The number of hydrogen-bond donors (Lipinski definition) is 2. The molecule has 2 unspecified atom stereocenters. The molecule has 2 atom stereocenters. The zero-order chi connectivity index (χ0) is 13.2. The van der Waals surface area contributed by atoms with Crippen LogP contribution >= 0.6 is 0 Å². The van der Waals surface area contributed by atoms with Gasteiger partial charge in [-0.15, -0.1) is 0 Å². The number of rotatable bonds is 2. The van der Waals surface area contributed by atoms with E-state index in [1.54, 1.807) is 18.2 Å². The van der Waals surface area contributed by atoms with Gasteiger partial charge >= 0.3 is 0 Å². The van der Waals surface area contributed by atoms with Gasteiger partial charge in [-0.2, -0.15) is 0 Å². The monoisotopic (exact) mass is 265 g/mol. The van der Waals surface area contributed by atoms with Gasteiger partial charge in [0.25, 0.3) is 5.91 Å². The number of ether oxygens (including phenoxy) is 3. The molecular formula is C13H15NO5. The number of amides is 1. The molecule has 1 amide bonds. The number of aliphatic hydroxyl groups excluding tert-OH is 1. The molecule has 1 fully saturated rings. The molecule has 0 bridgehead atoms. The Morgan fingerprint density at radius 3 is 3.05 bits per heavy atom. The summed E-state index contributed by atoms with van der Waals surface area (Å²) in [6.45, 7) is 1.42. The van der Waals surface area contributed by atoms with Crippen molar-refractivity contribution in [1.82, 2.24) is 0 Å². The van der Waals surface area contributed by atoms with E-state index in [4.69, 9.17) is 14.2 Å². The second kappa shape index (κ2) is 5.16. The molecule has 2 aliphatic rings. The Balaban J connectivity index is 1.80. The molecule has 1 aromatic rings. The third kappa shape index (κ3) is 2.56. The maximum Gasteiger partial charge on any atom is 0.262 e. The number of anilines is 1. The molecule has 19 heavy (non-hydrogen) atoms. The van der Waals surface area contributed by atoms with Gasteiger partial charge in [0.05, 0.1) is 25.5 Å². The van der Waals surface area contributed by atoms with E-state index >= 15 is 0 Å². The van der Waals surface area contributed by atoms with Crippen LogP contribution in [-0.4, -0.2) is 43.5 Å². The van der Waals surface area contributed by atoms with Gasteiger partial charge in [-0.25, -0.2) is 0 Å². The Labute approximate surface area is 110 Å². The van der Waals surface area contributed by atoms with E-state index in [1.807, 2.05) is 0 Å². The van der Waals surface area contributed by atoms with Crippen molar-refractivity contribution < 1.29 is 24.1 Å². The van der Waals surface area contributed by atoms with Crippen LogP contribution in [0.2, 0.25) is 0 Å². The van der Waals surface area contributed by atoms with E-state index in [-0.39, 0.29) is 18.6 Å². The Morgan fingerprint density at radius 1 is 1.37 bits per heavy atom. The van der Waals surface area contributed by atoms with E-state index in [0.717, 1.165) is 0 Å². The van der Waals surface area contributed by atoms with Crippen LogP contribution in [0.1, 0.15) is 11.7 Å². The first-order chi connectivity index (χ1) is 9.24. The number of benzene rings is 1. The van der Waals surface area contributed by atoms with Crippen LogP contribution in [0.5, 0.6) is 5.75 Å². The molecule has 6 heteroatoms. The third-order valence-electron chi connectivity index (χ3n) is 3.17. The first kappa shape index (κ1) is 12.4. The van der Waals surface area contributed by atoms with Crippen molar-refractivity contribution in [3.8, 4) is 5.75 Å². The van der Waals surface area contributed by atoms with Crippen molar-refractivity contribution in [1.29, 1.82) is 0 Å². The van der Waals surface area contributed by atoms with Gasteiger partial charge in [0.1, 0.15) is 18.0 Å². The van der Waals surface area contributed by atoms with Gasteiger partial charge in [-0.05, 0) is 17.7 Å².